The molecule has 124 valence electrons. The minimum Gasteiger partial charge on any atom is -0.387 e. The highest BCUT2D eigenvalue weighted by Gasteiger charge is 2.28. The fraction of sp³-hybridized carbons (Fsp3) is 0.350. The second-order valence-electron chi connectivity index (χ2n) is 6.43. The molecule has 2 aromatic rings. The fourth-order valence-electron chi connectivity index (χ4n) is 3.27. The zero-order valence-electron chi connectivity index (χ0n) is 14.0. The van der Waals surface area contributed by atoms with Crippen LogP contribution in [0.5, 0.6) is 0 Å². The second-order valence-corrected chi connectivity index (χ2v) is 6.43. The van der Waals surface area contributed by atoms with Crippen molar-refractivity contribution in [1.82, 2.24) is 9.80 Å². The molecule has 1 fully saturated rings. The number of aliphatic hydroxyl groups excluding tert-OH is 1. The highest BCUT2D eigenvalue weighted by molar-refractivity contribution is 5.32. The Hall–Kier alpha value is -2.19. The van der Waals surface area contributed by atoms with Gasteiger partial charge in [-0.15, -0.1) is 0 Å². The molecule has 1 saturated heterocycles. The minimum absolute atomic E-state index is 0.290. The van der Waals surface area contributed by atoms with Crippen LogP contribution in [0, 0.1) is 11.3 Å². The third-order valence-electron chi connectivity index (χ3n) is 4.71. The number of benzene rings is 2. The maximum absolute atomic E-state index is 10.6. The van der Waals surface area contributed by atoms with E-state index in [-0.39, 0.29) is 6.04 Å². The van der Waals surface area contributed by atoms with Gasteiger partial charge in [0.25, 0.3) is 0 Å². The summed E-state index contributed by atoms with van der Waals surface area (Å²) in [5.41, 5.74) is 2.77. The van der Waals surface area contributed by atoms with E-state index >= 15 is 0 Å². The van der Waals surface area contributed by atoms with Crippen molar-refractivity contribution in [2.75, 3.05) is 33.2 Å². The first-order valence-corrected chi connectivity index (χ1v) is 8.33. The molecule has 3 rings (SSSR count). The molecule has 1 N–H and O–H groups in total. The van der Waals surface area contributed by atoms with Crippen molar-refractivity contribution < 1.29 is 5.11 Å². The van der Waals surface area contributed by atoms with E-state index < -0.39 is 6.10 Å². The summed E-state index contributed by atoms with van der Waals surface area (Å²) in [5.74, 6) is 0. The van der Waals surface area contributed by atoms with E-state index in [0.29, 0.717) is 12.1 Å². The number of hydrogen-bond acceptors (Lipinski definition) is 4. The van der Waals surface area contributed by atoms with E-state index in [2.05, 4.69) is 47.2 Å². The summed E-state index contributed by atoms with van der Waals surface area (Å²) in [6.45, 7) is 3.50. The van der Waals surface area contributed by atoms with Crippen molar-refractivity contribution in [3.05, 3.63) is 71.3 Å². The van der Waals surface area contributed by atoms with Crippen LogP contribution in [0.4, 0.5) is 0 Å². The van der Waals surface area contributed by atoms with Gasteiger partial charge in [0.1, 0.15) is 0 Å². The summed E-state index contributed by atoms with van der Waals surface area (Å²) in [5, 5.41) is 19.5. The SMILES string of the molecule is CN1CCN(CC(O)c2ccc(C#N)cc2)C(c2ccccc2)C1. The van der Waals surface area contributed by atoms with Gasteiger partial charge in [-0.2, -0.15) is 5.26 Å². The van der Waals surface area contributed by atoms with Gasteiger partial charge in [-0.1, -0.05) is 42.5 Å². The summed E-state index contributed by atoms with van der Waals surface area (Å²) >= 11 is 0. The number of nitrogens with zero attached hydrogens (tertiary/aromatic N) is 3. The lowest BCUT2D eigenvalue weighted by molar-refractivity contribution is 0.0400. The van der Waals surface area contributed by atoms with Crippen molar-refractivity contribution >= 4 is 0 Å². The average molecular weight is 321 g/mol. The van der Waals surface area contributed by atoms with Gasteiger partial charge >= 0.3 is 0 Å². The molecular weight excluding hydrogens is 298 g/mol. The average Bonchev–Trinajstić information content (AvgIpc) is 2.64. The van der Waals surface area contributed by atoms with Crippen LogP contribution in [-0.4, -0.2) is 48.1 Å². The number of aliphatic hydroxyl groups is 1. The number of piperazine rings is 1. The van der Waals surface area contributed by atoms with E-state index in [0.717, 1.165) is 25.2 Å². The molecule has 24 heavy (non-hydrogen) atoms. The summed E-state index contributed by atoms with van der Waals surface area (Å²) in [6, 6.07) is 20.1. The predicted molar refractivity (Wildman–Crippen MR) is 94.4 cm³/mol. The Balaban J connectivity index is 1.74. The van der Waals surface area contributed by atoms with E-state index in [1.54, 1.807) is 12.1 Å². The Labute approximate surface area is 143 Å². The lowest BCUT2D eigenvalue weighted by Crippen LogP contribution is -2.48. The molecule has 1 aliphatic heterocycles. The van der Waals surface area contributed by atoms with E-state index in [4.69, 9.17) is 5.26 Å². The zero-order chi connectivity index (χ0) is 16.9. The Kier molecular flexibility index (Phi) is 5.27. The van der Waals surface area contributed by atoms with Gasteiger partial charge in [0.2, 0.25) is 0 Å². The third kappa shape index (κ3) is 3.82. The Morgan fingerprint density at radius 1 is 1.12 bits per heavy atom. The Morgan fingerprint density at radius 2 is 1.83 bits per heavy atom. The molecule has 0 amide bonds. The van der Waals surface area contributed by atoms with Crippen LogP contribution in [0.1, 0.15) is 28.8 Å². The van der Waals surface area contributed by atoms with Crippen molar-refractivity contribution in [2.45, 2.75) is 12.1 Å². The van der Waals surface area contributed by atoms with Crippen molar-refractivity contribution in [2.24, 2.45) is 0 Å². The zero-order valence-corrected chi connectivity index (χ0v) is 14.0. The van der Waals surface area contributed by atoms with Crippen LogP contribution in [0.25, 0.3) is 0 Å². The first kappa shape index (κ1) is 16.7. The summed E-state index contributed by atoms with van der Waals surface area (Å²) in [7, 11) is 2.14. The smallest absolute Gasteiger partial charge is 0.0991 e. The summed E-state index contributed by atoms with van der Waals surface area (Å²) in [6.07, 6.45) is -0.549. The largest absolute Gasteiger partial charge is 0.387 e. The van der Waals surface area contributed by atoms with E-state index in [1.807, 2.05) is 18.2 Å². The van der Waals surface area contributed by atoms with Crippen LogP contribution in [0.15, 0.2) is 54.6 Å². The molecule has 2 aromatic carbocycles. The van der Waals surface area contributed by atoms with Crippen molar-refractivity contribution in [3.63, 3.8) is 0 Å². The molecule has 0 radical (unpaired) electrons. The van der Waals surface area contributed by atoms with Gasteiger partial charge < -0.3 is 10.0 Å². The molecule has 0 aliphatic carbocycles. The predicted octanol–water partition coefficient (Wildman–Crippen LogP) is 2.58. The van der Waals surface area contributed by atoms with Crippen molar-refractivity contribution in [3.8, 4) is 6.07 Å². The lowest BCUT2D eigenvalue weighted by atomic mass is 10.0. The monoisotopic (exact) mass is 321 g/mol. The van der Waals surface area contributed by atoms with Crippen LogP contribution >= 0.6 is 0 Å². The van der Waals surface area contributed by atoms with Gasteiger partial charge in [0.05, 0.1) is 17.7 Å². The number of nitriles is 1. The topological polar surface area (TPSA) is 50.5 Å². The Bertz CT molecular complexity index is 693. The maximum Gasteiger partial charge on any atom is 0.0991 e. The molecule has 0 bridgehead atoms. The molecular formula is C20H23N3O. The Morgan fingerprint density at radius 3 is 2.50 bits per heavy atom. The molecule has 2 unspecified atom stereocenters. The van der Waals surface area contributed by atoms with Gasteiger partial charge in [-0.3, -0.25) is 4.90 Å². The first-order chi connectivity index (χ1) is 11.7. The van der Waals surface area contributed by atoms with E-state index in [1.165, 1.54) is 5.56 Å². The summed E-state index contributed by atoms with van der Waals surface area (Å²) in [4.78, 5) is 4.69. The van der Waals surface area contributed by atoms with Gasteiger partial charge in [0, 0.05) is 32.2 Å². The van der Waals surface area contributed by atoms with Gasteiger partial charge in [0.15, 0.2) is 0 Å². The number of likely N-dealkylation sites (N-methyl/N-ethyl adjacent to an activating group) is 1. The molecule has 4 nitrogen and oxygen atoms in total. The molecule has 4 heteroatoms. The molecule has 2 atom stereocenters. The standard InChI is InChI=1S/C20H23N3O/c1-22-11-12-23(19(14-22)17-5-3-2-4-6-17)15-20(24)18-9-7-16(13-21)8-10-18/h2-10,19-20,24H,11-12,14-15H2,1H3. The van der Waals surface area contributed by atoms with Crippen molar-refractivity contribution in [1.29, 1.82) is 5.26 Å². The highest BCUT2D eigenvalue weighted by Crippen LogP contribution is 2.27. The van der Waals surface area contributed by atoms with Crippen LogP contribution in [0.2, 0.25) is 0 Å². The van der Waals surface area contributed by atoms with Gasteiger partial charge in [-0.25, -0.2) is 0 Å². The number of hydrogen-bond donors (Lipinski definition) is 1. The first-order valence-electron chi connectivity index (χ1n) is 8.33. The lowest BCUT2D eigenvalue weighted by Gasteiger charge is -2.41. The van der Waals surface area contributed by atoms with Crippen LogP contribution in [-0.2, 0) is 0 Å². The molecule has 0 aromatic heterocycles. The van der Waals surface area contributed by atoms with Crippen LogP contribution in [0.3, 0.4) is 0 Å². The maximum atomic E-state index is 10.6. The van der Waals surface area contributed by atoms with E-state index in [9.17, 15) is 5.11 Å². The third-order valence-corrected chi connectivity index (χ3v) is 4.71. The summed E-state index contributed by atoms with van der Waals surface area (Å²) < 4.78 is 0. The molecule has 1 heterocycles. The highest BCUT2D eigenvalue weighted by atomic mass is 16.3. The second kappa shape index (κ2) is 7.59. The quantitative estimate of drug-likeness (QED) is 0.940. The number of rotatable bonds is 4. The minimum atomic E-state index is -0.549. The van der Waals surface area contributed by atoms with Gasteiger partial charge in [-0.05, 0) is 30.3 Å². The van der Waals surface area contributed by atoms with Crippen LogP contribution < -0.4 is 0 Å². The molecule has 1 aliphatic rings. The number of β-amino-alcohol motifs (C(OH)–C–C–N with tert-alkyl or cyclic N) is 1. The normalized spacial score (nSPS) is 20.5. The molecule has 0 saturated carbocycles. The molecule has 0 spiro atoms. The fourth-order valence-corrected chi connectivity index (χ4v) is 3.27.